The Kier molecular flexibility index (Phi) is 3.90. The van der Waals surface area contributed by atoms with Crippen molar-refractivity contribution in [2.75, 3.05) is 11.9 Å². The average molecular weight is 294 g/mol. The average Bonchev–Trinajstić information content (AvgIpc) is 2.75. The van der Waals surface area contributed by atoms with E-state index in [4.69, 9.17) is 0 Å². The third-order valence-electron chi connectivity index (χ3n) is 5.17. The molecule has 114 valence electrons. The first kappa shape index (κ1) is 15.9. The molecule has 0 radical (unpaired) electrons. The van der Waals surface area contributed by atoms with Gasteiger partial charge in [0.15, 0.2) is 11.4 Å². The van der Waals surface area contributed by atoms with Crippen LogP contribution < -0.4 is 4.90 Å². The zero-order chi connectivity index (χ0) is 16.8. The summed E-state index contributed by atoms with van der Waals surface area (Å²) < 4.78 is 0. The molecular weight excluding hydrogens is 272 g/mol. The summed E-state index contributed by atoms with van der Waals surface area (Å²) in [6.07, 6.45) is -0.0526. The van der Waals surface area contributed by atoms with Crippen molar-refractivity contribution in [1.82, 2.24) is 4.90 Å². The lowest BCUT2D eigenvalue weighted by Gasteiger charge is -2.32. The molecule has 1 aromatic carbocycles. The fourth-order valence-corrected chi connectivity index (χ4v) is 3.21. The molecule has 1 aliphatic rings. The Hall–Kier alpha value is -2.46. The van der Waals surface area contributed by atoms with Crippen molar-refractivity contribution < 1.29 is 0 Å². The molecule has 1 aromatic rings. The summed E-state index contributed by atoms with van der Waals surface area (Å²) in [5.41, 5.74) is 8.06. The van der Waals surface area contributed by atoms with Crippen LogP contribution in [0.2, 0.25) is 0 Å². The van der Waals surface area contributed by atoms with Gasteiger partial charge in [0, 0.05) is 7.05 Å². The molecule has 4 heteroatoms. The van der Waals surface area contributed by atoms with Crippen LogP contribution in [0.3, 0.4) is 0 Å². The Balaban J connectivity index is 2.81. The normalized spacial score (nSPS) is 17.8. The standard InChI is InChI=1S/C18H22N4/c1-10-11(2)13(4)18(14(5)12(10)3)22-15(6)21(7)16(8-19)17(22)9-20/h15H,1-7H3/t15-/m0/s1. The van der Waals surface area contributed by atoms with E-state index in [-0.39, 0.29) is 6.17 Å². The molecule has 0 amide bonds. The Morgan fingerprint density at radius 1 is 0.773 bits per heavy atom. The predicted octanol–water partition coefficient (Wildman–Crippen LogP) is 3.59. The summed E-state index contributed by atoms with van der Waals surface area (Å²) in [4.78, 5) is 3.87. The maximum atomic E-state index is 9.58. The minimum absolute atomic E-state index is 0.0526. The Morgan fingerprint density at radius 3 is 1.59 bits per heavy atom. The lowest BCUT2D eigenvalue weighted by Crippen LogP contribution is -2.36. The summed E-state index contributed by atoms with van der Waals surface area (Å²) >= 11 is 0. The number of rotatable bonds is 1. The van der Waals surface area contributed by atoms with Crippen LogP contribution in [0.4, 0.5) is 5.69 Å². The van der Waals surface area contributed by atoms with Gasteiger partial charge in [0.05, 0.1) is 5.69 Å². The fourth-order valence-electron chi connectivity index (χ4n) is 3.21. The van der Waals surface area contributed by atoms with Gasteiger partial charge < -0.3 is 9.80 Å². The number of benzene rings is 1. The number of allylic oxidation sites excluding steroid dienone is 2. The lowest BCUT2D eigenvalue weighted by molar-refractivity contribution is 0.367. The first-order valence-electron chi connectivity index (χ1n) is 7.41. The van der Waals surface area contributed by atoms with Gasteiger partial charge in [-0.3, -0.25) is 0 Å². The number of nitrogens with zero attached hydrogens (tertiary/aromatic N) is 4. The molecule has 1 heterocycles. The fraction of sp³-hybridized carbons (Fsp3) is 0.444. The van der Waals surface area contributed by atoms with Crippen LogP contribution in [-0.4, -0.2) is 18.1 Å². The van der Waals surface area contributed by atoms with Crippen LogP contribution >= 0.6 is 0 Å². The Bertz CT molecular complexity index is 730. The van der Waals surface area contributed by atoms with Gasteiger partial charge in [-0.2, -0.15) is 10.5 Å². The molecule has 0 bridgehead atoms. The molecule has 0 fully saturated rings. The van der Waals surface area contributed by atoms with Gasteiger partial charge in [-0.1, -0.05) is 0 Å². The van der Waals surface area contributed by atoms with Crippen molar-refractivity contribution in [3.63, 3.8) is 0 Å². The van der Waals surface area contributed by atoms with E-state index in [0.29, 0.717) is 11.4 Å². The van der Waals surface area contributed by atoms with E-state index >= 15 is 0 Å². The van der Waals surface area contributed by atoms with Crippen LogP contribution in [0.1, 0.15) is 34.7 Å². The second-order valence-corrected chi connectivity index (χ2v) is 6.01. The van der Waals surface area contributed by atoms with Gasteiger partial charge in [-0.25, -0.2) is 0 Å². The van der Waals surface area contributed by atoms with Crippen molar-refractivity contribution >= 4 is 5.69 Å². The number of anilines is 1. The van der Waals surface area contributed by atoms with Crippen molar-refractivity contribution in [2.45, 2.75) is 47.7 Å². The highest BCUT2D eigenvalue weighted by Crippen LogP contribution is 2.40. The van der Waals surface area contributed by atoms with Gasteiger partial charge in [0.25, 0.3) is 0 Å². The molecule has 0 saturated heterocycles. The molecule has 1 atom stereocenters. The number of nitriles is 2. The molecule has 0 saturated carbocycles. The number of hydrogen-bond acceptors (Lipinski definition) is 4. The van der Waals surface area contributed by atoms with Crippen LogP contribution in [-0.2, 0) is 0 Å². The van der Waals surface area contributed by atoms with Crippen molar-refractivity contribution in [2.24, 2.45) is 0 Å². The van der Waals surface area contributed by atoms with Gasteiger partial charge in [-0.05, 0) is 69.4 Å². The molecule has 1 aliphatic heterocycles. The van der Waals surface area contributed by atoms with Crippen molar-refractivity contribution in [1.29, 1.82) is 10.5 Å². The monoisotopic (exact) mass is 294 g/mol. The van der Waals surface area contributed by atoms with Gasteiger partial charge >= 0.3 is 0 Å². The Labute approximate surface area is 132 Å². The second-order valence-electron chi connectivity index (χ2n) is 6.01. The quantitative estimate of drug-likeness (QED) is 0.794. The van der Waals surface area contributed by atoms with E-state index in [9.17, 15) is 10.5 Å². The molecule has 0 N–H and O–H groups in total. The van der Waals surface area contributed by atoms with E-state index < -0.39 is 0 Å². The number of hydrogen-bond donors (Lipinski definition) is 0. The van der Waals surface area contributed by atoms with E-state index in [0.717, 1.165) is 5.69 Å². The topological polar surface area (TPSA) is 54.1 Å². The molecule has 22 heavy (non-hydrogen) atoms. The van der Waals surface area contributed by atoms with Crippen molar-refractivity contribution in [3.8, 4) is 12.1 Å². The minimum Gasteiger partial charge on any atom is -0.343 e. The van der Waals surface area contributed by atoms with Crippen LogP contribution in [0, 0.1) is 57.3 Å². The zero-order valence-corrected chi connectivity index (χ0v) is 14.4. The second kappa shape index (κ2) is 5.39. The van der Waals surface area contributed by atoms with E-state index in [1.54, 1.807) is 0 Å². The summed E-state index contributed by atoms with van der Waals surface area (Å²) in [6, 6.07) is 4.39. The zero-order valence-electron chi connectivity index (χ0n) is 14.4. The minimum atomic E-state index is -0.0526. The highest BCUT2D eigenvalue weighted by atomic mass is 15.4. The van der Waals surface area contributed by atoms with Gasteiger partial charge in [0.1, 0.15) is 18.3 Å². The highest BCUT2D eigenvalue weighted by molar-refractivity contribution is 5.72. The van der Waals surface area contributed by atoms with Crippen LogP contribution in [0.15, 0.2) is 11.4 Å². The molecular formula is C18H22N4. The van der Waals surface area contributed by atoms with E-state index in [2.05, 4.69) is 46.8 Å². The maximum absolute atomic E-state index is 9.58. The summed E-state index contributed by atoms with van der Waals surface area (Å²) in [6.45, 7) is 12.6. The molecule has 0 spiro atoms. The predicted molar refractivity (Wildman–Crippen MR) is 88.1 cm³/mol. The van der Waals surface area contributed by atoms with E-state index in [1.807, 2.05) is 23.8 Å². The van der Waals surface area contributed by atoms with Gasteiger partial charge in [0.2, 0.25) is 0 Å². The van der Waals surface area contributed by atoms with E-state index in [1.165, 1.54) is 27.8 Å². The molecule has 0 aromatic heterocycles. The Morgan fingerprint density at radius 2 is 1.18 bits per heavy atom. The maximum Gasteiger partial charge on any atom is 0.157 e. The van der Waals surface area contributed by atoms with Crippen molar-refractivity contribution in [3.05, 3.63) is 39.2 Å². The SMILES string of the molecule is Cc1c(C)c(C)c(N2C(C#N)=C(C#N)N(C)[C@@H]2C)c(C)c1C. The van der Waals surface area contributed by atoms with Crippen LogP contribution in [0.25, 0.3) is 0 Å². The molecule has 2 rings (SSSR count). The van der Waals surface area contributed by atoms with Crippen LogP contribution in [0.5, 0.6) is 0 Å². The summed E-state index contributed by atoms with van der Waals surface area (Å²) in [5, 5.41) is 19.0. The molecule has 0 aliphatic carbocycles. The highest BCUT2D eigenvalue weighted by Gasteiger charge is 2.36. The summed E-state index contributed by atoms with van der Waals surface area (Å²) in [5.74, 6) is 0. The lowest BCUT2D eigenvalue weighted by atomic mass is 9.92. The first-order valence-corrected chi connectivity index (χ1v) is 7.41. The van der Waals surface area contributed by atoms with Gasteiger partial charge in [-0.15, -0.1) is 0 Å². The molecule has 0 unspecified atom stereocenters. The largest absolute Gasteiger partial charge is 0.343 e. The third kappa shape index (κ3) is 1.96. The summed E-state index contributed by atoms with van der Waals surface area (Å²) in [7, 11) is 1.86. The molecule has 4 nitrogen and oxygen atoms in total. The first-order chi connectivity index (χ1) is 10.3. The smallest absolute Gasteiger partial charge is 0.157 e. The third-order valence-corrected chi connectivity index (χ3v) is 5.17.